The molecule has 4 heterocycles. The zero-order chi connectivity index (χ0) is 19.9. The Bertz CT molecular complexity index is 975. The third kappa shape index (κ3) is 3.93. The topological polar surface area (TPSA) is 91.7 Å². The summed E-state index contributed by atoms with van der Waals surface area (Å²) in [5.41, 5.74) is 1.15. The Morgan fingerprint density at radius 2 is 1.93 bits per heavy atom. The summed E-state index contributed by atoms with van der Waals surface area (Å²) in [6.07, 6.45) is 3.35. The molecule has 1 aromatic heterocycles. The molecule has 150 valence electrons. The third-order valence-corrected chi connectivity index (χ3v) is 6.36. The minimum absolute atomic E-state index is 0.144. The number of hydrogen-bond donors (Lipinski definition) is 2. The van der Waals surface area contributed by atoms with Crippen LogP contribution < -0.4 is 10.0 Å². The highest BCUT2D eigenvalue weighted by Gasteiger charge is 2.40. The van der Waals surface area contributed by atoms with Gasteiger partial charge in [0.25, 0.3) is 5.91 Å². The van der Waals surface area contributed by atoms with E-state index in [4.69, 9.17) is 4.42 Å². The third-order valence-electron chi connectivity index (χ3n) is 5.76. The van der Waals surface area contributed by atoms with Crippen LogP contribution in [0.4, 0.5) is 5.69 Å². The summed E-state index contributed by atoms with van der Waals surface area (Å²) in [4.78, 5) is 15.1. The Hall–Kier alpha value is -2.32. The zero-order valence-corrected chi connectivity index (χ0v) is 16.8. The molecule has 2 atom stereocenters. The normalized spacial score (nSPS) is 26.8. The van der Waals surface area contributed by atoms with Crippen molar-refractivity contribution in [2.75, 3.05) is 24.1 Å². The maximum Gasteiger partial charge on any atom is 0.287 e. The fraction of sp³-hybridized carbons (Fsp3) is 0.450. The van der Waals surface area contributed by atoms with Gasteiger partial charge in [-0.3, -0.25) is 14.4 Å². The standard InChI is InChI=1S/C20H25N3O4S/c1-13-19(14-8-10-23(13)11-9-14)21-20(24)18-7-6-17(27-18)15-4-3-5-16(12-15)22-28(2,25)26/h3-7,12-14,19,22H,8-11H2,1-2H3,(H,21,24)/t13-,19+/m1/s1. The molecular weight excluding hydrogens is 378 g/mol. The molecule has 2 bridgehead atoms. The number of nitrogens with zero attached hydrogens (tertiary/aromatic N) is 1. The molecule has 3 saturated heterocycles. The first kappa shape index (κ1) is 19.0. The van der Waals surface area contributed by atoms with Crippen molar-refractivity contribution in [1.82, 2.24) is 10.2 Å². The number of sulfonamides is 1. The summed E-state index contributed by atoms with van der Waals surface area (Å²) in [7, 11) is -3.36. The Morgan fingerprint density at radius 1 is 1.18 bits per heavy atom. The molecule has 8 heteroatoms. The van der Waals surface area contributed by atoms with Crippen LogP contribution in [-0.2, 0) is 10.0 Å². The molecule has 0 saturated carbocycles. The van der Waals surface area contributed by atoms with Crippen molar-refractivity contribution < 1.29 is 17.6 Å². The molecular formula is C20H25N3O4S. The van der Waals surface area contributed by atoms with Crippen LogP contribution in [0.25, 0.3) is 11.3 Å². The molecule has 2 aromatic rings. The fourth-order valence-electron chi connectivity index (χ4n) is 4.33. The van der Waals surface area contributed by atoms with E-state index in [0.29, 0.717) is 29.0 Å². The summed E-state index contributed by atoms with van der Waals surface area (Å²) in [6.45, 7) is 4.39. The van der Waals surface area contributed by atoms with Crippen LogP contribution in [0.15, 0.2) is 40.8 Å². The maximum atomic E-state index is 12.7. The van der Waals surface area contributed by atoms with Crippen LogP contribution in [0.5, 0.6) is 0 Å². The number of nitrogens with one attached hydrogen (secondary N) is 2. The fourth-order valence-corrected chi connectivity index (χ4v) is 4.89. The molecule has 28 heavy (non-hydrogen) atoms. The predicted molar refractivity (Wildman–Crippen MR) is 108 cm³/mol. The van der Waals surface area contributed by atoms with E-state index >= 15 is 0 Å². The van der Waals surface area contributed by atoms with E-state index in [9.17, 15) is 13.2 Å². The average molecular weight is 404 g/mol. The second kappa shape index (κ2) is 7.25. The molecule has 5 rings (SSSR count). The lowest BCUT2D eigenvalue weighted by atomic mass is 9.79. The van der Waals surface area contributed by atoms with Crippen LogP contribution in [0.2, 0.25) is 0 Å². The smallest absolute Gasteiger partial charge is 0.287 e. The molecule has 0 aliphatic carbocycles. The van der Waals surface area contributed by atoms with Crippen molar-refractivity contribution in [1.29, 1.82) is 0 Å². The van der Waals surface area contributed by atoms with E-state index in [1.807, 2.05) is 6.07 Å². The van der Waals surface area contributed by atoms with Crippen molar-refractivity contribution in [3.8, 4) is 11.3 Å². The Kier molecular flexibility index (Phi) is 4.93. The van der Waals surface area contributed by atoms with Crippen LogP contribution in [0.1, 0.15) is 30.3 Å². The van der Waals surface area contributed by atoms with E-state index in [-0.39, 0.29) is 17.7 Å². The highest BCUT2D eigenvalue weighted by molar-refractivity contribution is 7.92. The van der Waals surface area contributed by atoms with Crippen LogP contribution in [-0.4, -0.2) is 50.7 Å². The lowest BCUT2D eigenvalue weighted by Gasteiger charge is -2.49. The average Bonchev–Trinajstić information content (AvgIpc) is 3.14. The van der Waals surface area contributed by atoms with E-state index in [1.54, 1.807) is 30.3 Å². The van der Waals surface area contributed by atoms with Gasteiger partial charge >= 0.3 is 0 Å². The Balaban J connectivity index is 1.48. The second-order valence-corrected chi connectivity index (χ2v) is 9.48. The summed E-state index contributed by atoms with van der Waals surface area (Å²) >= 11 is 0. The van der Waals surface area contributed by atoms with E-state index < -0.39 is 10.0 Å². The molecule has 7 nitrogen and oxygen atoms in total. The Morgan fingerprint density at radius 3 is 2.61 bits per heavy atom. The van der Waals surface area contributed by atoms with Crippen LogP contribution >= 0.6 is 0 Å². The molecule has 3 aliphatic rings. The van der Waals surface area contributed by atoms with E-state index in [2.05, 4.69) is 21.9 Å². The lowest BCUT2D eigenvalue weighted by molar-refractivity contribution is 0.0211. The zero-order valence-electron chi connectivity index (χ0n) is 16.0. The van der Waals surface area contributed by atoms with Gasteiger partial charge in [-0.2, -0.15) is 0 Å². The van der Waals surface area contributed by atoms with Gasteiger partial charge in [0, 0.05) is 23.3 Å². The van der Waals surface area contributed by atoms with Gasteiger partial charge in [0.1, 0.15) is 5.76 Å². The second-order valence-electron chi connectivity index (χ2n) is 7.73. The summed E-state index contributed by atoms with van der Waals surface area (Å²) in [5, 5.41) is 3.16. The molecule has 3 aliphatic heterocycles. The van der Waals surface area contributed by atoms with E-state index in [0.717, 1.165) is 32.2 Å². The SMILES string of the molecule is C[C@@H]1[C@H](NC(=O)c2ccc(-c3cccc(NS(C)(=O)=O)c3)o2)C2CCN1CC2. The lowest BCUT2D eigenvalue weighted by Crippen LogP contribution is -2.62. The van der Waals surface area contributed by atoms with Gasteiger partial charge in [-0.1, -0.05) is 12.1 Å². The minimum Gasteiger partial charge on any atom is -0.451 e. The van der Waals surface area contributed by atoms with Crippen molar-refractivity contribution in [2.24, 2.45) is 5.92 Å². The Labute approximate surface area is 165 Å². The van der Waals surface area contributed by atoms with Gasteiger partial charge in [-0.15, -0.1) is 0 Å². The van der Waals surface area contributed by atoms with Crippen LogP contribution in [0, 0.1) is 5.92 Å². The number of hydrogen-bond acceptors (Lipinski definition) is 5. The first-order valence-electron chi connectivity index (χ1n) is 9.53. The number of carbonyl (C=O) groups excluding carboxylic acids is 1. The first-order chi connectivity index (χ1) is 13.3. The number of piperidine rings is 3. The van der Waals surface area contributed by atoms with Crippen molar-refractivity contribution >= 4 is 21.6 Å². The van der Waals surface area contributed by atoms with Gasteiger partial charge in [0.05, 0.1) is 6.26 Å². The molecule has 0 radical (unpaired) electrons. The molecule has 3 fully saturated rings. The monoisotopic (exact) mass is 403 g/mol. The van der Waals surface area contributed by atoms with Gasteiger partial charge in [-0.25, -0.2) is 8.42 Å². The number of furan rings is 1. The van der Waals surface area contributed by atoms with E-state index in [1.165, 1.54) is 0 Å². The van der Waals surface area contributed by atoms with Crippen LogP contribution in [0.3, 0.4) is 0 Å². The number of rotatable bonds is 5. The van der Waals surface area contributed by atoms with Gasteiger partial charge in [0.15, 0.2) is 5.76 Å². The number of amides is 1. The highest BCUT2D eigenvalue weighted by atomic mass is 32.2. The molecule has 0 unspecified atom stereocenters. The number of carbonyl (C=O) groups is 1. The summed E-state index contributed by atoms with van der Waals surface area (Å²) in [5.74, 6) is 1.10. The predicted octanol–water partition coefficient (Wildman–Crippen LogP) is 2.53. The van der Waals surface area contributed by atoms with Crippen molar-refractivity contribution in [2.45, 2.75) is 31.8 Å². The largest absolute Gasteiger partial charge is 0.451 e. The first-order valence-corrected chi connectivity index (χ1v) is 11.4. The molecule has 1 amide bonds. The maximum absolute atomic E-state index is 12.7. The van der Waals surface area contributed by atoms with Crippen molar-refractivity contribution in [3.63, 3.8) is 0 Å². The number of anilines is 1. The van der Waals surface area contributed by atoms with Crippen molar-refractivity contribution in [3.05, 3.63) is 42.2 Å². The summed E-state index contributed by atoms with van der Waals surface area (Å²) < 4.78 is 31.1. The number of fused-ring (bicyclic) bond motifs is 3. The minimum atomic E-state index is -3.36. The molecule has 2 N–H and O–H groups in total. The summed E-state index contributed by atoms with van der Waals surface area (Å²) in [6, 6.07) is 10.8. The molecule has 0 spiro atoms. The highest BCUT2D eigenvalue weighted by Crippen LogP contribution is 2.32. The van der Waals surface area contributed by atoms with Gasteiger partial charge in [-0.05, 0) is 63.0 Å². The number of benzene rings is 1. The molecule has 1 aromatic carbocycles. The van der Waals surface area contributed by atoms with Gasteiger partial charge in [0.2, 0.25) is 10.0 Å². The van der Waals surface area contributed by atoms with Gasteiger partial charge < -0.3 is 9.73 Å². The quantitative estimate of drug-likeness (QED) is 0.800.